The molecule has 1 saturated heterocycles. The topological polar surface area (TPSA) is 63.3 Å². The average Bonchev–Trinajstić information content (AvgIpc) is 3.27. The Morgan fingerprint density at radius 3 is 2.96 bits per heavy atom. The molecule has 1 aliphatic rings. The van der Waals surface area contributed by atoms with Gasteiger partial charge in [0.15, 0.2) is 0 Å². The summed E-state index contributed by atoms with van der Waals surface area (Å²) in [7, 11) is 0. The number of piperazine rings is 1. The maximum atomic E-state index is 13.2. The fraction of sp³-hybridized carbons (Fsp3) is 0.294. The van der Waals surface area contributed by atoms with Crippen LogP contribution >= 0.6 is 11.3 Å². The van der Waals surface area contributed by atoms with Crippen molar-refractivity contribution in [2.45, 2.75) is 6.54 Å². The Balaban J connectivity index is 1.93. The summed E-state index contributed by atoms with van der Waals surface area (Å²) in [6.07, 6.45) is 3.35. The van der Waals surface area contributed by atoms with Gasteiger partial charge in [-0.25, -0.2) is 4.98 Å². The SMILES string of the molecule is C=CCn1c(N2CCNCC2)nc2scc(-c3ccco3)c2c1=O. The van der Waals surface area contributed by atoms with Gasteiger partial charge >= 0.3 is 0 Å². The Labute approximate surface area is 143 Å². The van der Waals surface area contributed by atoms with Crippen LogP contribution in [0.4, 0.5) is 5.95 Å². The number of hydrogen-bond donors (Lipinski definition) is 1. The maximum absolute atomic E-state index is 13.2. The number of fused-ring (bicyclic) bond motifs is 1. The van der Waals surface area contributed by atoms with Gasteiger partial charge in [-0.05, 0) is 12.1 Å². The van der Waals surface area contributed by atoms with E-state index >= 15 is 0 Å². The van der Waals surface area contributed by atoms with Gasteiger partial charge in [0.2, 0.25) is 5.95 Å². The van der Waals surface area contributed by atoms with Gasteiger partial charge in [0.1, 0.15) is 10.6 Å². The first-order valence-electron chi connectivity index (χ1n) is 7.92. The van der Waals surface area contributed by atoms with Crippen LogP contribution in [0.15, 0.2) is 45.6 Å². The Morgan fingerprint density at radius 1 is 1.42 bits per heavy atom. The van der Waals surface area contributed by atoms with E-state index < -0.39 is 0 Å². The zero-order valence-corrected chi connectivity index (χ0v) is 14.0. The number of nitrogens with zero attached hydrogens (tertiary/aromatic N) is 3. The van der Waals surface area contributed by atoms with Gasteiger partial charge in [-0.3, -0.25) is 9.36 Å². The van der Waals surface area contributed by atoms with Crippen molar-refractivity contribution < 1.29 is 4.42 Å². The van der Waals surface area contributed by atoms with E-state index in [-0.39, 0.29) is 5.56 Å². The van der Waals surface area contributed by atoms with Crippen molar-refractivity contribution in [3.63, 3.8) is 0 Å². The molecule has 7 heteroatoms. The van der Waals surface area contributed by atoms with E-state index in [4.69, 9.17) is 9.40 Å². The van der Waals surface area contributed by atoms with Crippen LogP contribution in [0.1, 0.15) is 0 Å². The first-order chi connectivity index (χ1) is 11.8. The van der Waals surface area contributed by atoms with Crippen LogP contribution < -0.4 is 15.8 Å². The molecule has 0 amide bonds. The highest BCUT2D eigenvalue weighted by molar-refractivity contribution is 7.17. The molecule has 0 saturated carbocycles. The zero-order chi connectivity index (χ0) is 16.5. The Morgan fingerprint density at radius 2 is 2.25 bits per heavy atom. The fourth-order valence-corrected chi connectivity index (χ4v) is 3.94. The number of aromatic nitrogens is 2. The predicted octanol–water partition coefficient (Wildman–Crippen LogP) is 2.31. The Bertz CT molecular complexity index is 920. The molecule has 3 aromatic rings. The van der Waals surface area contributed by atoms with Gasteiger partial charge in [-0.1, -0.05) is 6.08 Å². The molecule has 4 heterocycles. The lowest BCUT2D eigenvalue weighted by atomic mass is 10.2. The van der Waals surface area contributed by atoms with Crippen LogP contribution in [0.5, 0.6) is 0 Å². The first-order valence-corrected chi connectivity index (χ1v) is 8.80. The lowest BCUT2D eigenvalue weighted by Gasteiger charge is -2.30. The molecule has 1 aliphatic heterocycles. The molecule has 0 unspecified atom stereocenters. The smallest absolute Gasteiger partial charge is 0.264 e. The minimum absolute atomic E-state index is 0.0407. The minimum atomic E-state index is -0.0407. The van der Waals surface area contributed by atoms with Crippen molar-refractivity contribution in [2.75, 3.05) is 31.1 Å². The van der Waals surface area contributed by atoms with Gasteiger partial charge in [-0.2, -0.15) is 0 Å². The number of nitrogens with one attached hydrogen (secondary N) is 1. The molecule has 1 N–H and O–H groups in total. The van der Waals surface area contributed by atoms with Gasteiger partial charge in [0.05, 0.1) is 11.6 Å². The average molecular weight is 342 g/mol. The second-order valence-electron chi connectivity index (χ2n) is 5.66. The van der Waals surface area contributed by atoms with E-state index in [1.165, 1.54) is 11.3 Å². The summed E-state index contributed by atoms with van der Waals surface area (Å²) in [6, 6.07) is 3.69. The third-order valence-electron chi connectivity index (χ3n) is 4.17. The van der Waals surface area contributed by atoms with Crippen molar-refractivity contribution in [1.82, 2.24) is 14.9 Å². The van der Waals surface area contributed by atoms with Gasteiger partial charge < -0.3 is 14.6 Å². The number of allylic oxidation sites excluding steroid dienone is 1. The fourth-order valence-electron chi connectivity index (χ4n) is 3.03. The highest BCUT2D eigenvalue weighted by Gasteiger charge is 2.21. The number of anilines is 1. The molecular formula is C17H18N4O2S. The summed E-state index contributed by atoms with van der Waals surface area (Å²) in [5, 5.41) is 5.89. The van der Waals surface area contributed by atoms with E-state index in [9.17, 15) is 4.79 Å². The second-order valence-corrected chi connectivity index (χ2v) is 6.52. The maximum Gasteiger partial charge on any atom is 0.264 e. The van der Waals surface area contributed by atoms with Crippen molar-refractivity contribution >= 4 is 27.5 Å². The lowest BCUT2D eigenvalue weighted by molar-refractivity contribution is 0.565. The van der Waals surface area contributed by atoms with Crippen LogP contribution in [0.25, 0.3) is 21.5 Å². The molecule has 0 bridgehead atoms. The van der Waals surface area contributed by atoms with E-state index in [0.29, 0.717) is 17.7 Å². The van der Waals surface area contributed by atoms with Crippen LogP contribution in [-0.2, 0) is 6.54 Å². The molecule has 6 nitrogen and oxygen atoms in total. The molecule has 0 aromatic carbocycles. The van der Waals surface area contributed by atoms with Crippen molar-refractivity contribution in [3.8, 4) is 11.3 Å². The highest BCUT2D eigenvalue weighted by Crippen LogP contribution is 2.32. The van der Waals surface area contributed by atoms with Crippen molar-refractivity contribution in [1.29, 1.82) is 0 Å². The number of hydrogen-bond acceptors (Lipinski definition) is 6. The normalized spacial score (nSPS) is 15.1. The largest absolute Gasteiger partial charge is 0.464 e. The standard InChI is InChI=1S/C17H18N4O2S/c1-2-7-21-16(22)14-12(13-4-3-10-23-13)11-24-15(14)19-17(21)20-8-5-18-6-9-20/h2-4,10-11,18H,1,5-9H2. The van der Waals surface area contributed by atoms with Crippen molar-refractivity contribution in [3.05, 3.63) is 46.8 Å². The summed E-state index contributed by atoms with van der Waals surface area (Å²) in [5.74, 6) is 1.42. The van der Waals surface area contributed by atoms with Crippen LogP contribution in [0, 0.1) is 0 Å². The van der Waals surface area contributed by atoms with E-state index in [2.05, 4.69) is 16.8 Å². The molecule has 0 aliphatic carbocycles. The molecule has 3 aromatic heterocycles. The summed E-state index contributed by atoms with van der Waals surface area (Å²) in [6.45, 7) is 7.69. The molecular weight excluding hydrogens is 324 g/mol. The van der Waals surface area contributed by atoms with Crippen LogP contribution in [-0.4, -0.2) is 35.7 Å². The summed E-state index contributed by atoms with van der Waals surface area (Å²) in [4.78, 5) is 20.9. The van der Waals surface area contributed by atoms with Crippen LogP contribution in [0.3, 0.4) is 0 Å². The molecule has 0 spiro atoms. The quantitative estimate of drug-likeness (QED) is 0.737. The molecule has 124 valence electrons. The van der Waals surface area contributed by atoms with E-state index in [1.54, 1.807) is 16.9 Å². The van der Waals surface area contributed by atoms with E-state index in [1.807, 2.05) is 17.5 Å². The van der Waals surface area contributed by atoms with Gasteiger partial charge in [-0.15, -0.1) is 17.9 Å². The van der Waals surface area contributed by atoms with E-state index in [0.717, 1.165) is 42.5 Å². The predicted molar refractivity (Wildman–Crippen MR) is 96.9 cm³/mol. The molecule has 0 atom stereocenters. The first kappa shape index (κ1) is 15.2. The summed E-state index contributed by atoms with van der Waals surface area (Å²) in [5.41, 5.74) is 0.767. The third kappa shape index (κ3) is 2.46. The summed E-state index contributed by atoms with van der Waals surface area (Å²) < 4.78 is 7.19. The monoisotopic (exact) mass is 342 g/mol. The number of furan rings is 1. The third-order valence-corrected chi connectivity index (χ3v) is 5.04. The highest BCUT2D eigenvalue weighted by atomic mass is 32.1. The van der Waals surface area contributed by atoms with Crippen molar-refractivity contribution in [2.24, 2.45) is 0 Å². The Hall–Kier alpha value is -2.38. The molecule has 0 radical (unpaired) electrons. The Kier molecular flexibility index (Phi) is 3.95. The van der Waals surface area contributed by atoms with Gasteiger partial charge in [0, 0.05) is 43.7 Å². The van der Waals surface area contributed by atoms with Gasteiger partial charge in [0.25, 0.3) is 5.56 Å². The lowest BCUT2D eigenvalue weighted by Crippen LogP contribution is -2.46. The molecule has 4 rings (SSSR count). The second kappa shape index (κ2) is 6.26. The molecule has 24 heavy (non-hydrogen) atoms. The minimum Gasteiger partial charge on any atom is -0.464 e. The zero-order valence-electron chi connectivity index (χ0n) is 13.2. The number of thiophene rings is 1. The number of rotatable bonds is 4. The molecule has 1 fully saturated rings. The summed E-state index contributed by atoms with van der Waals surface area (Å²) >= 11 is 1.48. The van der Waals surface area contributed by atoms with Crippen LogP contribution in [0.2, 0.25) is 0 Å².